The van der Waals surface area contributed by atoms with Gasteiger partial charge < -0.3 is 9.72 Å². The van der Waals surface area contributed by atoms with E-state index in [0.717, 1.165) is 29.4 Å². The molecule has 3 aromatic rings. The van der Waals surface area contributed by atoms with Crippen molar-refractivity contribution in [3.8, 4) is 0 Å². The molecule has 3 heteroatoms. The van der Waals surface area contributed by atoms with Gasteiger partial charge in [-0.25, -0.2) is 4.79 Å². The Morgan fingerprint density at radius 1 is 1.04 bits per heavy atom. The van der Waals surface area contributed by atoms with Crippen molar-refractivity contribution < 1.29 is 9.53 Å². The molecule has 0 amide bonds. The molecule has 0 saturated carbocycles. The van der Waals surface area contributed by atoms with E-state index < -0.39 is 0 Å². The van der Waals surface area contributed by atoms with E-state index in [1.54, 1.807) is 0 Å². The summed E-state index contributed by atoms with van der Waals surface area (Å²) in [5, 5.41) is 0.999. The third-order valence-corrected chi connectivity index (χ3v) is 4.10. The Balaban J connectivity index is 1.98. The van der Waals surface area contributed by atoms with E-state index in [0.29, 0.717) is 12.2 Å². The van der Waals surface area contributed by atoms with Crippen LogP contribution in [0.3, 0.4) is 0 Å². The lowest BCUT2D eigenvalue weighted by Crippen LogP contribution is -2.06. The average Bonchev–Trinajstić information content (AvgIpc) is 2.90. The number of ether oxygens (including phenoxy) is 1. The van der Waals surface area contributed by atoms with Crippen LogP contribution >= 0.6 is 0 Å². The smallest absolute Gasteiger partial charge is 0.340 e. The second-order valence-corrected chi connectivity index (χ2v) is 5.67. The zero-order valence-electron chi connectivity index (χ0n) is 13.6. The summed E-state index contributed by atoms with van der Waals surface area (Å²) in [5.74, 6) is -0.247. The van der Waals surface area contributed by atoms with Crippen LogP contribution in [0.2, 0.25) is 0 Å². The van der Waals surface area contributed by atoms with Crippen molar-refractivity contribution in [3.63, 3.8) is 0 Å². The Kier molecular flexibility index (Phi) is 4.47. The Labute approximate surface area is 136 Å². The van der Waals surface area contributed by atoms with Gasteiger partial charge in [0, 0.05) is 16.6 Å². The molecule has 0 unspecified atom stereocenters. The van der Waals surface area contributed by atoms with Crippen LogP contribution in [0.25, 0.3) is 10.9 Å². The van der Waals surface area contributed by atoms with Crippen LogP contribution in [0, 0.1) is 6.92 Å². The van der Waals surface area contributed by atoms with Crippen molar-refractivity contribution in [2.75, 3.05) is 6.61 Å². The number of aromatic nitrogens is 1. The van der Waals surface area contributed by atoms with E-state index in [2.05, 4.69) is 35.3 Å². The number of hydrogen-bond donors (Lipinski definition) is 1. The van der Waals surface area contributed by atoms with Gasteiger partial charge in [-0.1, -0.05) is 42.5 Å². The average molecular weight is 307 g/mol. The summed E-state index contributed by atoms with van der Waals surface area (Å²) in [6.07, 6.45) is 1.84. The molecule has 2 aromatic carbocycles. The maximum absolute atomic E-state index is 12.3. The molecule has 0 radical (unpaired) electrons. The second-order valence-electron chi connectivity index (χ2n) is 5.67. The van der Waals surface area contributed by atoms with Crippen molar-refractivity contribution in [3.05, 3.63) is 70.9 Å². The highest BCUT2D eigenvalue weighted by atomic mass is 16.5. The fraction of sp³-hybridized carbons (Fsp3) is 0.250. The van der Waals surface area contributed by atoms with E-state index in [-0.39, 0.29) is 5.97 Å². The van der Waals surface area contributed by atoms with Crippen molar-refractivity contribution in [2.45, 2.75) is 26.7 Å². The van der Waals surface area contributed by atoms with Crippen LogP contribution in [0.5, 0.6) is 0 Å². The number of aromatic amines is 1. The van der Waals surface area contributed by atoms with Gasteiger partial charge in [0.25, 0.3) is 0 Å². The molecular formula is C20H21NO2. The Bertz CT molecular complexity index is 818. The Morgan fingerprint density at radius 3 is 2.57 bits per heavy atom. The minimum atomic E-state index is -0.247. The standard InChI is InChI=1S/C20H21NO2/c1-3-23-20(22)18-14(2)21-17-11-7-10-16(19(17)18)13-12-15-8-5-4-6-9-15/h4-11,21H,3,12-13H2,1-2H3. The Morgan fingerprint density at radius 2 is 1.83 bits per heavy atom. The second kappa shape index (κ2) is 6.69. The van der Waals surface area contributed by atoms with Gasteiger partial charge in [0.2, 0.25) is 0 Å². The zero-order chi connectivity index (χ0) is 16.2. The first kappa shape index (κ1) is 15.3. The molecule has 0 aliphatic rings. The third kappa shape index (κ3) is 3.14. The highest BCUT2D eigenvalue weighted by Crippen LogP contribution is 2.27. The van der Waals surface area contributed by atoms with Crippen molar-refractivity contribution in [2.24, 2.45) is 0 Å². The fourth-order valence-electron chi connectivity index (χ4n) is 3.04. The SMILES string of the molecule is CCOC(=O)c1c(C)[nH]c2cccc(CCc3ccccc3)c12. The first-order valence-electron chi connectivity index (χ1n) is 8.02. The molecule has 0 aliphatic heterocycles. The molecule has 0 spiro atoms. The number of carbonyl (C=O) groups is 1. The molecule has 0 saturated heterocycles. The van der Waals surface area contributed by atoms with Crippen LogP contribution in [-0.2, 0) is 17.6 Å². The summed E-state index contributed by atoms with van der Waals surface area (Å²) in [4.78, 5) is 15.6. The highest BCUT2D eigenvalue weighted by molar-refractivity contribution is 6.06. The predicted octanol–water partition coefficient (Wildman–Crippen LogP) is 4.44. The number of nitrogens with one attached hydrogen (secondary N) is 1. The van der Waals surface area contributed by atoms with Gasteiger partial charge >= 0.3 is 5.97 Å². The molecule has 3 nitrogen and oxygen atoms in total. The van der Waals surface area contributed by atoms with Crippen LogP contribution in [-0.4, -0.2) is 17.6 Å². The topological polar surface area (TPSA) is 42.1 Å². The molecular weight excluding hydrogens is 286 g/mol. The summed E-state index contributed by atoms with van der Waals surface area (Å²) >= 11 is 0. The van der Waals surface area contributed by atoms with Gasteiger partial charge in [0.1, 0.15) is 0 Å². The van der Waals surface area contributed by atoms with E-state index in [4.69, 9.17) is 4.74 Å². The van der Waals surface area contributed by atoms with E-state index in [9.17, 15) is 4.79 Å². The fourth-order valence-corrected chi connectivity index (χ4v) is 3.04. The monoisotopic (exact) mass is 307 g/mol. The van der Waals surface area contributed by atoms with Gasteiger partial charge in [0.15, 0.2) is 0 Å². The molecule has 0 fully saturated rings. The number of aryl methyl sites for hydroxylation is 3. The van der Waals surface area contributed by atoms with E-state index in [1.807, 2.05) is 32.0 Å². The third-order valence-electron chi connectivity index (χ3n) is 4.10. The minimum absolute atomic E-state index is 0.247. The quantitative estimate of drug-likeness (QED) is 0.708. The number of hydrogen-bond acceptors (Lipinski definition) is 2. The van der Waals surface area contributed by atoms with Gasteiger partial charge in [-0.15, -0.1) is 0 Å². The molecule has 23 heavy (non-hydrogen) atoms. The maximum Gasteiger partial charge on any atom is 0.340 e. The molecule has 3 rings (SSSR count). The van der Waals surface area contributed by atoms with Gasteiger partial charge in [-0.2, -0.15) is 0 Å². The predicted molar refractivity (Wildman–Crippen MR) is 92.8 cm³/mol. The number of H-pyrrole nitrogens is 1. The molecule has 1 aromatic heterocycles. The van der Waals surface area contributed by atoms with Crippen molar-refractivity contribution >= 4 is 16.9 Å². The molecule has 0 aliphatic carbocycles. The normalized spacial score (nSPS) is 10.9. The first-order chi connectivity index (χ1) is 11.2. The van der Waals surface area contributed by atoms with Gasteiger partial charge in [0.05, 0.1) is 12.2 Å². The number of rotatable bonds is 5. The summed E-state index contributed by atoms with van der Waals surface area (Å²) in [7, 11) is 0. The number of esters is 1. The molecule has 118 valence electrons. The van der Waals surface area contributed by atoms with Gasteiger partial charge in [-0.05, 0) is 43.9 Å². The molecule has 1 heterocycles. The van der Waals surface area contributed by atoms with Gasteiger partial charge in [-0.3, -0.25) is 0 Å². The zero-order valence-corrected chi connectivity index (χ0v) is 13.6. The minimum Gasteiger partial charge on any atom is -0.462 e. The van der Waals surface area contributed by atoms with Crippen molar-refractivity contribution in [1.29, 1.82) is 0 Å². The summed E-state index contributed by atoms with van der Waals surface area (Å²) in [6, 6.07) is 16.6. The summed E-state index contributed by atoms with van der Waals surface area (Å²) in [5.41, 5.74) is 5.01. The van der Waals surface area contributed by atoms with Crippen LogP contribution in [0.4, 0.5) is 0 Å². The number of fused-ring (bicyclic) bond motifs is 1. The highest BCUT2D eigenvalue weighted by Gasteiger charge is 2.19. The van der Waals surface area contributed by atoms with Crippen LogP contribution < -0.4 is 0 Å². The first-order valence-corrected chi connectivity index (χ1v) is 8.02. The maximum atomic E-state index is 12.3. The van der Waals surface area contributed by atoms with E-state index in [1.165, 1.54) is 11.1 Å². The lowest BCUT2D eigenvalue weighted by Gasteiger charge is -2.07. The summed E-state index contributed by atoms with van der Waals surface area (Å²) in [6.45, 7) is 4.14. The van der Waals surface area contributed by atoms with Crippen LogP contribution in [0.15, 0.2) is 48.5 Å². The molecule has 0 atom stereocenters. The number of benzene rings is 2. The molecule has 1 N–H and O–H groups in total. The lowest BCUT2D eigenvalue weighted by atomic mass is 9.98. The molecule has 0 bridgehead atoms. The van der Waals surface area contributed by atoms with Crippen molar-refractivity contribution in [1.82, 2.24) is 4.98 Å². The number of carbonyl (C=O) groups excluding carboxylic acids is 1. The van der Waals surface area contributed by atoms with Crippen LogP contribution in [0.1, 0.15) is 34.1 Å². The largest absolute Gasteiger partial charge is 0.462 e. The lowest BCUT2D eigenvalue weighted by molar-refractivity contribution is 0.0528. The summed E-state index contributed by atoms with van der Waals surface area (Å²) < 4.78 is 5.23. The van der Waals surface area contributed by atoms with E-state index >= 15 is 0 Å². The Hall–Kier alpha value is -2.55.